The van der Waals surface area contributed by atoms with Crippen LogP contribution in [0, 0.1) is 17.9 Å². The summed E-state index contributed by atoms with van der Waals surface area (Å²) in [6.07, 6.45) is 4.93. The SMILES string of the molecule is CCC(CC)C(=O)/C=C(\O)C(CC)CC.[2H]c1nc(-c2[c-]c3ccccc3c(C(C)(C)C)c2)c2sc3c([Si](C)(C)C)cccc3c2c1[2H].[Ir]. The quantitative estimate of drug-likeness (QED) is 0.0696. The second-order valence-electron chi connectivity index (χ2n) is 14.3. The fourth-order valence-electron chi connectivity index (χ4n) is 6.13. The second-order valence-corrected chi connectivity index (χ2v) is 20.4. The zero-order chi connectivity index (χ0) is 35.6. The van der Waals surface area contributed by atoms with Gasteiger partial charge >= 0.3 is 0 Å². The van der Waals surface area contributed by atoms with Crippen LogP contribution in [0.4, 0.5) is 0 Å². The average Bonchev–Trinajstić information content (AvgIpc) is 3.43. The number of benzene rings is 3. The van der Waals surface area contributed by atoms with E-state index in [0.717, 1.165) is 57.8 Å². The maximum Gasteiger partial charge on any atom is 0.162 e. The summed E-state index contributed by atoms with van der Waals surface area (Å²) in [7, 11) is -1.58. The van der Waals surface area contributed by atoms with Gasteiger partial charge in [0, 0.05) is 59.3 Å². The number of hydrogen-bond donors (Lipinski definition) is 1. The van der Waals surface area contributed by atoms with E-state index in [1.807, 2.05) is 33.8 Å². The summed E-state index contributed by atoms with van der Waals surface area (Å²) in [5, 5.41) is 15.3. The molecular formula is C41H52IrNO2SSi-. The predicted octanol–water partition coefficient (Wildman–Crippen LogP) is 11.8. The Morgan fingerprint density at radius 1 is 0.936 bits per heavy atom. The molecule has 1 radical (unpaired) electrons. The fourth-order valence-corrected chi connectivity index (χ4v) is 9.79. The number of thiophene rings is 1. The van der Waals surface area contributed by atoms with E-state index in [0.29, 0.717) is 0 Å². The van der Waals surface area contributed by atoms with Gasteiger partial charge < -0.3 is 5.11 Å². The van der Waals surface area contributed by atoms with Gasteiger partial charge in [-0.1, -0.05) is 115 Å². The van der Waals surface area contributed by atoms with Crippen LogP contribution in [0.1, 0.15) is 82.5 Å². The molecule has 0 saturated carbocycles. The predicted molar refractivity (Wildman–Crippen MR) is 204 cm³/mol. The van der Waals surface area contributed by atoms with Gasteiger partial charge in [-0.05, 0) is 53.1 Å². The van der Waals surface area contributed by atoms with Crippen molar-refractivity contribution >= 4 is 61.3 Å². The standard InChI is InChI=1S/C28H28NSSi.C13H24O2.Ir/c1-28(2,3)23-17-19(16-18-10-7-8-11-20(18)23)25-27-22(14-15-29-25)21-12-9-13-24(26(21)30-27)31(4,5)6;1-5-10(6-2)12(14)9-13(15)11(7-3)8-4;/h7-15,17H,1-6H3;9-11,14H,5-8H2,1-4H3;/q-1;;/b;12-9-;/i14D,15D;;. The number of carbonyl (C=O) groups excluding carboxylic acids is 1. The summed E-state index contributed by atoms with van der Waals surface area (Å²) >= 11 is 1.73. The van der Waals surface area contributed by atoms with Crippen molar-refractivity contribution in [3.05, 3.63) is 84.2 Å². The average molecular weight is 845 g/mol. The number of rotatable bonds is 9. The Bertz CT molecular complexity index is 1960. The summed E-state index contributed by atoms with van der Waals surface area (Å²) in [5.74, 6) is 0.547. The number of carbonyl (C=O) groups is 1. The zero-order valence-electron chi connectivity index (χ0n) is 31.7. The molecule has 0 bridgehead atoms. The Morgan fingerprint density at radius 3 is 2.15 bits per heavy atom. The van der Waals surface area contributed by atoms with Crippen LogP contribution in [0.15, 0.2) is 72.6 Å². The number of ketones is 1. The maximum atomic E-state index is 11.7. The molecular weight excluding hydrogens is 791 g/mol. The molecule has 0 fully saturated rings. The van der Waals surface area contributed by atoms with Gasteiger partial charge in [0.15, 0.2) is 5.78 Å². The third-order valence-corrected chi connectivity index (χ3v) is 12.5. The molecule has 253 valence electrons. The molecule has 0 aliphatic heterocycles. The first-order valence-electron chi connectivity index (χ1n) is 17.8. The number of aliphatic hydroxyl groups is 1. The van der Waals surface area contributed by atoms with Gasteiger partial charge in [0.25, 0.3) is 0 Å². The molecule has 2 aromatic heterocycles. The van der Waals surface area contributed by atoms with Crippen LogP contribution in [-0.2, 0) is 30.3 Å². The second kappa shape index (κ2) is 16.2. The first-order valence-corrected chi connectivity index (χ1v) is 21.1. The van der Waals surface area contributed by atoms with Crippen molar-refractivity contribution in [3.8, 4) is 11.3 Å². The Hall–Kier alpha value is -2.63. The number of pyridine rings is 1. The van der Waals surface area contributed by atoms with E-state index in [4.69, 9.17) is 2.74 Å². The molecule has 2 heterocycles. The van der Waals surface area contributed by atoms with Crippen LogP contribution in [0.5, 0.6) is 0 Å². The Morgan fingerprint density at radius 2 is 1.55 bits per heavy atom. The van der Waals surface area contributed by atoms with Gasteiger partial charge in [-0.15, -0.1) is 40.5 Å². The molecule has 0 amide bonds. The fraction of sp³-hybridized carbons (Fsp3) is 0.415. The smallest absolute Gasteiger partial charge is 0.162 e. The summed E-state index contributed by atoms with van der Waals surface area (Å²) in [5.41, 5.74) is 2.86. The molecule has 6 heteroatoms. The topological polar surface area (TPSA) is 50.2 Å². The Balaban J connectivity index is 0.000000347. The maximum absolute atomic E-state index is 11.7. The van der Waals surface area contributed by atoms with Crippen molar-refractivity contribution in [2.45, 2.75) is 99.2 Å². The molecule has 0 spiro atoms. The van der Waals surface area contributed by atoms with Gasteiger partial charge in [-0.25, -0.2) is 0 Å². The van der Waals surface area contributed by atoms with Crippen LogP contribution < -0.4 is 5.19 Å². The van der Waals surface area contributed by atoms with Gasteiger partial charge in [-0.3, -0.25) is 9.78 Å². The molecule has 0 aliphatic carbocycles. The van der Waals surface area contributed by atoms with Crippen molar-refractivity contribution in [1.29, 1.82) is 0 Å². The number of allylic oxidation sites excluding steroid dienone is 2. The third kappa shape index (κ3) is 8.70. The van der Waals surface area contributed by atoms with Crippen LogP contribution in [-0.4, -0.2) is 23.9 Å². The van der Waals surface area contributed by atoms with E-state index in [-0.39, 0.29) is 61.1 Å². The van der Waals surface area contributed by atoms with Crippen molar-refractivity contribution in [2.75, 3.05) is 0 Å². The van der Waals surface area contributed by atoms with Crippen molar-refractivity contribution in [1.82, 2.24) is 4.98 Å². The van der Waals surface area contributed by atoms with Crippen LogP contribution in [0.2, 0.25) is 19.6 Å². The third-order valence-electron chi connectivity index (χ3n) is 9.01. The molecule has 5 rings (SSSR count). The first kappa shape index (κ1) is 35.7. The molecule has 1 N–H and O–H groups in total. The van der Waals surface area contributed by atoms with E-state index < -0.39 is 8.07 Å². The molecule has 3 nitrogen and oxygen atoms in total. The van der Waals surface area contributed by atoms with E-state index in [1.54, 1.807) is 11.3 Å². The molecule has 3 aromatic carbocycles. The Kier molecular flexibility index (Phi) is 12.3. The molecule has 0 saturated heterocycles. The van der Waals surface area contributed by atoms with Crippen LogP contribution in [0.3, 0.4) is 0 Å². The molecule has 47 heavy (non-hydrogen) atoms. The van der Waals surface area contributed by atoms with Crippen LogP contribution >= 0.6 is 11.3 Å². The molecule has 0 aliphatic rings. The number of aromatic nitrogens is 1. The van der Waals surface area contributed by atoms with Crippen molar-refractivity contribution in [2.24, 2.45) is 11.8 Å². The van der Waals surface area contributed by atoms with Gasteiger partial charge in [0.2, 0.25) is 0 Å². The van der Waals surface area contributed by atoms with E-state index in [2.05, 4.69) is 93.9 Å². The number of fused-ring (bicyclic) bond motifs is 4. The summed E-state index contributed by atoms with van der Waals surface area (Å²) < 4.78 is 19.5. The van der Waals surface area contributed by atoms with E-state index in [9.17, 15) is 9.90 Å². The largest absolute Gasteiger partial charge is 0.512 e. The van der Waals surface area contributed by atoms with Gasteiger partial charge in [0.1, 0.15) is 0 Å². The number of hydrogen-bond acceptors (Lipinski definition) is 4. The minimum atomic E-state index is -1.58. The summed E-state index contributed by atoms with van der Waals surface area (Å²) in [6.45, 7) is 21.8. The molecule has 5 aromatic rings. The number of aliphatic hydroxyl groups excluding tert-OH is 1. The monoisotopic (exact) mass is 845 g/mol. The minimum absolute atomic E-state index is 0. The van der Waals surface area contributed by atoms with Gasteiger partial charge in [0.05, 0.1) is 16.6 Å². The summed E-state index contributed by atoms with van der Waals surface area (Å²) in [4.78, 5) is 16.4. The van der Waals surface area contributed by atoms with E-state index in [1.165, 1.54) is 26.9 Å². The van der Waals surface area contributed by atoms with Gasteiger partial charge in [-0.2, -0.15) is 0 Å². The van der Waals surface area contributed by atoms with E-state index >= 15 is 0 Å². The van der Waals surface area contributed by atoms with Crippen molar-refractivity contribution in [3.63, 3.8) is 0 Å². The zero-order valence-corrected chi connectivity index (χ0v) is 33.9. The molecule has 0 unspecified atom stereocenters. The molecule has 0 atom stereocenters. The minimum Gasteiger partial charge on any atom is -0.512 e. The Labute approximate surface area is 304 Å². The normalized spacial score (nSPS) is 13.1. The first-order chi connectivity index (χ1) is 22.6. The number of nitrogens with zero attached hydrogens (tertiary/aromatic N) is 1. The summed E-state index contributed by atoms with van der Waals surface area (Å²) in [6, 6.07) is 20.8. The van der Waals surface area contributed by atoms with Crippen molar-refractivity contribution < 1.29 is 32.7 Å². The van der Waals surface area contributed by atoms with Crippen LogP contribution in [0.25, 0.3) is 42.2 Å².